The second-order valence-corrected chi connectivity index (χ2v) is 10.7. The highest BCUT2D eigenvalue weighted by molar-refractivity contribution is 5.69. The van der Waals surface area contributed by atoms with E-state index in [9.17, 15) is 56.2 Å². The van der Waals surface area contributed by atoms with Gasteiger partial charge in [-0.05, 0) is 12.1 Å². The van der Waals surface area contributed by atoms with Crippen LogP contribution in [0.2, 0.25) is 0 Å². The number of ether oxygens (including phenoxy) is 6. The topological polar surface area (TPSA) is 281 Å². The van der Waals surface area contributed by atoms with Crippen LogP contribution in [0.3, 0.4) is 0 Å². The van der Waals surface area contributed by atoms with Gasteiger partial charge in [-0.3, -0.25) is 0 Å². The van der Waals surface area contributed by atoms with Crippen molar-refractivity contribution < 1.29 is 84.6 Å². The molecule has 3 aliphatic rings. The van der Waals surface area contributed by atoms with Crippen LogP contribution in [0.15, 0.2) is 30.0 Å². The van der Waals surface area contributed by atoms with Crippen molar-refractivity contribution in [3.63, 3.8) is 0 Å². The molecule has 0 amide bonds. The second kappa shape index (κ2) is 13.0. The molecule has 17 heteroatoms. The van der Waals surface area contributed by atoms with E-state index in [1.165, 1.54) is 25.3 Å². The largest absolute Gasteiger partial charge is 0.571 e. The van der Waals surface area contributed by atoms with Crippen LogP contribution < -0.4 is 9.47 Å². The minimum Gasteiger partial charge on any atom is -0.571 e. The highest BCUT2D eigenvalue weighted by atomic mass is 16.7. The van der Waals surface area contributed by atoms with Crippen LogP contribution in [-0.2, 0) is 14.2 Å². The lowest BCUT2D eigenvalue weighted by Crippen LogP contribution is -2.60. The Morgan fingerprint density at radius 2 is 1.29 bits per heavy atom. The maximum atomic E-state index is 10.9. The number of fused-ring (bicyclic) bond motifs is 1. The molecule has 17 nitrogen and oxygen atoms in total. The Morgan fingerprint density at radius 3 is 1.84 bits per heavy atom. The molecule has 0 radical (unpaired) electrons. The molecule has 45 heavy (non-hydrogen) atoms. The van der Waals surface area contributed by atoms with Gasteiger partial charge in [-0.1, -0.05) is 0 Å². The predicted molar refractivity (Wildman–Crippen MR) is 146 cm³/mol. The van der Waals surface area contributed by atoms with E-state index >= 15 is 0 Å². The van der Waals surface area contributed by atoms with E-state index in [2.05, 4.69) is 4.74 Å². The van der Waals surface area contributed by atoms with Gasteiger partial charge in [0, 0.05) is 12.1 Å². The van der Waals surface area contributed by atoms with Gasteiger partial charge in [-0.15, -0.1) is 0 Å². The van der Waals surface area contributed by atoms with E-state index in [4.69, 9.17) is 23.7 Å². The summed E-state index contributed by atoms with van der Waals surface area (Å²) < 4.78 is 32.1. The van der Waals surface area contributed by atoms with Crippen molar-refractivity contribution in [2.24, 2.45) is 0 Å². The van der Waals surface area contributed by atoms with Crippen LogP contribution in [0.25, 0.3) is 6.08 Å². The quantitative estimate of drug-likeness (QED) is 0.102. The molecule has 0 spiro atoms. The predicted octanol–water partition coefficient (Wildman–Crippen LogP) is -2.86. The molecular formula is C28H35O17+. The lowest BCUT2D eigenvalue weighted by atomic mass is 9.98. The molecule has 3 aliphatic heterocycles. The minimum atomic E-state index is -1.79. The zero-order valence-corrected chi connectivity index (χ0v) is 23.6. The molecule has 0 bridgehead atoms. The van der Waals surface area contributed by atoms with Gasteiger partial charge in [0.05, 0.1) is 32.0 Å². The number of aliphatic hydroxyl groups excluding tert-OH is 8. The van der Waals surface area contributed by atoms with E-state index in [-0.39, 0.29) is 34.1 Å². The summed E-state index contributed by atoms with van der Waals surface area (Å²) in [5.74, 6) is -1.89. The summed E-state index contributed by atoms with van der Waals surface area (Å²) in [7, 11) is 1.24. The number of aromatic hydroxyl groups is 4. The van der Waals surface area contributed by atoms with Crippen LogP contribution in [0.5, 0.6) is 34.5 Å². The summed E-state index contributed by atoms with van der Waals surface area (Å²) in [6.45, 7) is -1.41. The molecule has 0 aliphatic carbocycles. The van der Waals surface area contributed by atoms with Crippen molar-refractivity contribution in [3.05, 3.63) is 41.2 Å². The van der Waals surface area contributed by atoms with Crippen molar-refractivity contribution in [1.82, 2.24) is 0 Å². The lowest BCUT2D eigenvalue weighted by Gasteiger charge is -2.40. The Morgan fingerprint density at radius 1 is 0.711 bits per heavy atom. The number of hydrogen-bond donors (Lipinski definition) is 11. The molecule has 248 valence electrons. The molecule has 11 atom stereocenters. The second-order valence-electron chi connectivity index (χ2n) is 10.7. The van der Waals surface area contributed by atoms with Gasteiger partial charge < -0.3 is 84.6 Å². The van der Waals surface area contributed by atoms with Gasteiger partial charge >= 0.3 is 0 Å². The standard InChI is InChI=1S/C28H34O17/c1-40-15-3-9(2-13(32)19(15)33)26-16(43-28-25(39)23(37)21(35)18(8-30)45-28)6-11-12(31)4-10(5-14(11)42-26)41-27-24(38)22(36)20(34)17(7-29)44-27/h2-6,17-18,20-39H,7-8H2,1H3/p+1. The third-order valence-electron chi connectivity index (χ3n) is 7.75. The first kappa shape index (κ1) is 32.8. The molecule has 11 unspecified atom stereocenters. The normalized spacial score (nSPS) is 34.7. The maximum Gasteiger partial charge on any atom is 0.270 e. The number of rotatable bonds is 8. The van der Waals surface area contributed by atoms with Crippen LogP contribution in [0.1, 0.15) is 17.2 Å². The fourth-order valence-electron chi connectivity index (χ4n) is 5.21. The Bertz CT molecular complexity index is 1400. The molecule has 2 aromatic carbocycles. The molecule has 0 aromatic heterocycles. The number of benzene rings is 2. The summed E-state index contributed by atoms with van der Waals surface area (Å²) in [5.41, 5.74) is 0.227. The molecular weight excluding hydrogens is 608 g/mol. The fraction of sp³-hybridized carbons (Fsp3) is 0.500. The average molecular weight is 644 g/mol. The number of aliphatic hydroxyl groups is 9. The van der Waals surface area contributed by atoms with Crippen molar-refractivity contribution in [2.45, 2.75) is 67.5 Å². The summed E-state index contributed by atoms with van der Waals surface area (Å²) >= 11 is 0. The average Bonchev–Trinajstić information content (AvgIpc) is 3.02. The van der Waals surface area contributed by atoms with E-state index in [0.29, 0.717) is 0 Å². The van der Waals surface area contributed by atoms with Gasteiger partial charge in [0.25, 0.3) is 11.9 Å². The third-order valence-corrected chi connectivity index (χ3v) is 7.75. The Balaban J connectivity index is 1.52. The third kappa shape index (κ3) is 6.15. The van der Waals surface area contributed by atoms with Crippen LogP contribution in [0, 0.1) is 0 Å². The SMILES string of the molecule is COc1cc(C2[OH+]c3cc(OC4OC(CO)C(O)C(O)C4O)cc(O)c3C=C2OC2OC(CO)C(O)C(O)C2O)cc(O)c1O. The van der Waals surface area contributed by atoms with Crippen molar-refractivity contribution in [3.8, 4) is 34.5 Å². The summed E-state index contributed by atoms with van der Waals surface area (Å²) in [5, 5.41) is 112. The van der Waals surface area contributed by atoms with Crippen LogP contribution in [0.4, 0.5) is 0 Å². The van der Waals surface area contributed by atoms with E-state index in [1.807, 2.05) is 0 Å². The van der Waals surface area contributed by atoms with E-state index < -0.39 is 98.0 Å². The first-order valence-corrected chi connectivity index (χ1v) is 13.7. The first-order valence-electron chi connectivity index (χ1n) is 13.7. The summed E-state index contributed by atoms with van der Waals surface area (Å²) in [6.07, 6.45) is -16.0. The number of phenols is 3. The summed E-state index contributed by atoms with van der Waals surface area (Å²) in [6, 6.07) is 4.91. The van der Waals surface area contributed by atoms with Gasteiger partial charge in [0.1, 0.15) is 65.9 Å². The zero-order chi connectivity index (χ0) is 32.7. The number of methoxy groups -OCH3 is 1. The highest BCUT2D eigenvalue weighted by Gasteiger charge is 2.47. The molecule has 2 aromatic rings. The van der Waals surface area contributed by atoms with Crippen LogP contribution in [-0.4, -0.2) is 143 Å². The van der Waals surface area contributed by atoms with Gasteiger partial charge in [-0.2, -0.15) is 0 Å². The molecule has 0 saturated carbocycles. The maximum absolute atomic E-state index is 10.9. The molecule has 12 N–H and O–H groups in total. The zero-order valence-electron chi connectivity index (χ0n) is 23.6. The van der Waals surface area contributed by atoms with Gasteiger partial charge in [-0.25, -0.2) is 0 Å². The molecule has 2 saturated heterocycles. The smallest absolute Gasteiger partial charge is 0.270 e. The number of hydrogen-bond acceptors (Lipinski definition) is 16. The van der Waals surface area contributed by atoms with E-state index in [1.54, 1.807) is 0 Å². The van der Waals surface area contributed by atoms with Crippen molar-refractivity contribution >= 4 is 6.08 Å². The van der Waals surface area contributed by atoms with E-state index in [0.717, 1.165) is 12.1 Å². The highest BCUT2D eigenvalue weighted by Crippen LogP contribution is 2.48. The Hall–Kier alpha value is -3.62. The van der Waals surface area contributed by atoms with Crippen molar-refractivity contribution in [2.75, 3.05) is 20.3 Å². The Labute approximate surface area is 254 Å². The molecule has 5 rings (SSSR count). The van der Waals surface area contributed by atoms with Crippen LogP contribution >= 0.6 is 0 Å². The summed E-state index contributed by atoms with van der Waals surface area (Å²) in [4.78, 5) is 0. The fourth-order valence-corrected chi connectivity index (χ4v) is 5.21. The minimum absolute atomic E-state index is 0.0574. The van der Waals surface area contributed by atoms with Crippen molar-refractivity contribution in [1.29, 1.82) is 0 Å². The number of phenolic OH excluding ortho intramolecular Hbond substituents is 3. The monoisotopic (exact) mass is 643 g/mol. The van der Waals surface area contributed by atoms with Gasteiger partial charge in [0.15, 0.2) is 17.3 Å². The lowest BCUT2D eigenvalue weighted by molar-refractivity contribution is -0.295. The molecule has 3 heterocycles. The first-order chi connectivity index (χ1) is 21.4. The Kier molecular flexibility index (Phi) is 9.47. The molecule has 2 fully saturated rings. The van der Waals surface area contributed by atoms with Gasteiger partial charge in [0.2, 0.25) is 18.3 Å².